The lowest BCUT2D eigenvalue weighted by Gasteiger charge is -2.20. The maximum atomic E-state index is 5.75. The molecular weight excluding hydrogens is 266 g/mol. The molecule has 0 aliphatic heterocycles. The van der Waals surface area contributed by atoms with Crippen molar-refractivity contribution in [1.82, 2.24) is 20.2 Å². The summed E-state index contributed by atoms with van der Waals surface area (Å²) in [4.78, 5) is 4.34. The van der Waals surface area contributed by atoms with Gasteiger partial charge < -0.3 is 4.74 Å². The summed E-state index contributed by atoms with van der Waals surface area (Å²) >= 11 is 0. The molecule has 114 valence electrons. The Bertz CT molecular complexity index is 552. The summed E-state index contributed by atoms with van der Waals surface area (Å²) < 4.78 is 7.36. The Kier molecular flexibility index (Phi) is 5.30. The van der Waals surface area contributed by atoms with Crippen molar-refractivity contribution in [2.24, 2.45) is 5.84 Å². The highest BCUT2D eigenvalue weighted by atomic mass is 16.5. The monoisotopic (exact) mass is 289 g/mol. The zero-order chi connectivity index (χ0) is 15.2. The van der Waals surface area contributed by atoms with Crippen LogP contribution in [-0.4, -0.2) is 21.9 Å². The molecule has 1 atom stereocenters. The minimum absolute atomic E-state index is 0.0353. The highest BCUT2D eigenvalue weighted by Crippen LogP contribution is 2.29. The van der Waals surface area contributed by atoms with Gasteiger partial charge in [0, 0.05) is 17.9 Å². The maximum Gasteiger partial charge on any atom is 0.161 e. The van der Waals surface area contributed by atoms with E-state index in [4.69, 9.17) is 10.6 Å². The summed E-state index contributed by atoms with van der Waals surface area (Å²) in [5.74, 6) is 6.51. The number of aromatic nitrogens is 3. The van der Waals surface area contributed by atoms with Crippen LogP contribution in [0.25, 0.3) is 0 Å². The third kappa shape index (κ3) is 3.59. The van der Waals surface area contributed by atoms with Gasteiger partial charge in [-0.1, -0.05) is 6.07 Å². The SMILES string of the molecule is COc1cnn(C(C)C)c1C(CCc1ccccn1)NN. The van der Waals surface area contributed by atoms with E-state index in [-0.39, 0.29) is 12.1 Å². The van der Waals surface area contributed by atoms with Crippen LogP contribution in [0.3, 0.4) is 0 Å². The number of rotatable bonds is 7. The van der Waals surface area contributed by atoms with Gasteiger partial charge in [-0.05, 0) is 38.8 Å². The van der Waals surface area contributed by atoms with Crippen LogP contribution in [0.1, 0.15) is 43.7 Å². The molecule has 0 aliphatic carbocycles. The Morgan fingerprint density at radius 1 is 1.38 bits per heavy atom. The lowest BCUT2D eigenvalue weighted by molar-refractivity contribution is 0.378. The third-order valence-electron chi connectivity index (χ3n) is 3.45. The number of methoxy groups -OCH3 is 1. The van der Waals surface area contributed by atoms with Crippen LogP contribution < -0.4 is 16.0 Å². The number of hydrogen-bond donors (Lipinski definition) is 2. The first-order chi connectivity index (χ1) is 10.2. The van der Waals surface area contributed by atoms with Gasteiger partial charge in [0.05, 0.1) is 25.0 Å². The molecule has 6 heteroatoms. The summed E-state index contributed by atoms with van der Waals surface area (Å²) in [5.41, 5.74) is 4.90. The fourth-order valence-corrected chi connectivity index (χ4v) is 2.39. The smallest absolute Gasteiger partial charge is 0.161 e. The van der Waals surface area contributed by atoms with Crippen molar-refractivity contribution in [3.63, 3.8) is 0 Å². The summed E-state index contributed by atoms with van der Waals surface area (Å²) in [6, 6.07) is 6.14. The Labute approximate surface area is 125 Å². The van der Waals surface area contributed by atoms with Crippen molar-refractivity contribution in [3.8, 4) is 5.75 Å². The summed E-state index contributed by atoms with van der Waals surface area (Å²) in [7, 11) is 1.65. The zero-order valence-corrected chi connectivity index (χ0v) is 12.8. The topological polar surface area (TPSA) is 78.0 Å². The van der Waals surface area contributed by atoms with E-state index in [0.29, 0.717) is 0 Å². The van der Waals surface area contributed by atoms with E-state index < -0.39 is 0 Å². The van der Waals surface area contributed by atoms with E-state index >= 15 is 0 Å². The average Bonchev–Trinajstić information content (AvgIpc) is 2.93. The quantitative estimate of drug-likeness (QED) is 0.602. The first-order valence-electron chi connectivity index (χ1n) is 7.14. The minimum Gasteiger partial charge on any atom is -0.493 e. The van der Waals surface area contributed by atoms with E-state index in [1.807, 2.05) is 22.9 Å². The van der Waals surface area contributed by atoms with Gasteiger partial charge in [-0.3, -0.25) is 20.9 Å². The Balaban J connectivity index is 2.19. The molecule has 6 nitrogen and oxygen atoms in total. The van der Waals surface area contributed by atoms with E-state index in [1.165, 1.54) is 0 Å². The molecule has 1 unspecified atom stereocenters. The Morgan fingerprint density at radius 2 is 2.19 bits per heavy atom. The molecule has 2 aromatic rings. The molecule has 0 bridgehead atoms. The molecule has 0 saturated carbocycles. The van der Waals surface area contributed by atoms with Gasteiger partial charge in [-0.25, -0.2) is 0 Å². The van der Waals surface area contributed by atoms with Crippen LogP contribution in [-0.2, 0) is 6.42 Å². The van der Waals surface area contributed by atoms with Gasteiger partial charge >= 0.3 is 0 Å². The van der Waals surface area contributed by atoms with Gasteiger partial charge in [0.25, 0.3) is 0 Å². The number of nitrogens with two attached hydrogens (primary N) is 1. The van der Waals surface area contributed by atoms with Crippen LogP contribution in [0.2, 0.25) is 0 Å². The fraction of sp³-hybridized carbons (Fsp3) is 0.467. The van der Waals surface area contributed by atoms with E-state index in [1.54, 1.807) is 19.5 Å². The number of pyridine rings is 1. The first kappa shape index (κ1) is 15.5. The highest BCUT2D eigenvalue weighted by molar-refractivity contribution is 5.29. The number of nitrogens with one attached hydrogen (secondary N) is 1. The molecule has 0 spiro atoms. The number of hydrazine groups is 1. The molecular formula is C15H23N5O. The second-order valence-electron chi connectivity index (χ2n) is 5.22. The van der Waals surface area contributed by atoms with Gasteiger partial charge in [-0.2, -0.15) is 5.10 Å². The number of nitrogens with zero attached hydrogens (tertiary/aromatic N) is 3. The van der Waals surface area contributed by atoms with E-state index in [0.717, 1.165) is 30.0 Å². The van der Waals surface area contributed by atoms with Gasteiger partial charge in [0.1, 0.15) is 0 Å². The summed E-state index contributed by atoms with van der Waals surface area (Å²) in [6.07, 6.45) is 5.20. The second kappa shape index (κ2) is 7.19. The van der Waals surface area contributed by atoms with Crippen molar-refractivity contribution < 1.29 is 4.74 Å². The molecule has 0 fully saturated rings. The molecule has 0 amide bonds. The van der Waals surface area contributed by atoms with Crippen LogP contribution in [0.15, 0.2) is 30.6 Å². The zero-order valence-electron chi connectivity index (χ0n) is 12.8. The first-order valence-corrected chi connectivity index (χ1v) is 7.14. The van der Waals surface area contributed by atoms with E-state index in [2.05, 4.69) is 29.4 Å². The molecule has 0 radical (unpaired) electrons. The maximum absolute atomic E-state index is 5.75. The Morgan fingerprint density at radius 3 is 2.76 bits per heavy atom. The fourth-order valence-electron chi connectivity index (χ4n) is 2.39. The average molecular weight is 289 g/mol. The number of aryl methyl sites for hydroxylation is 1. The normalized spacial score (nSPS) is 12.6. The second-order valence-corrected chi connectivity index (χ2v) is 5.22. The van der Waals surface area contributed by atoms with Crippen molar-refractivity contribution in [2.45, 2.75) is 38.8 Å². The highest BCUT2D eigenvalue weighted by Gasteiger charge is 2.22. The molecule has 2 heterocycles. The number of hydrogen-bond acceptors (Lipinski definition) is 5. The predicted octanol–water partition coefficient (Wildman–Crippen LogP) is 2.00. The molecule has 0 aliphatic rings. The number of ether oxygens (including phenoxy) is 1. The van der Waals surface area contributed by atoms with Crippen LogP contribution in [0.5, 0.6) is 5.75 Å². The van der Waals surface area contributed by atoms with Crippen LogP contribution in [0.4, 0.5) is 0 Å². The predicted molar refractivity (Wildman–Crippen MR) is 81.8 cm³/mol. The van der Waals surface area contributed by atoms with Gasteiger partial charge in [0.2, 0.25) is 0 Å². The molecule has 0 saturated heterocycles. The minimum atomic E-state index is -0.0353. The van der Waals surface area contributed by atoms with E-state index in [9.17, 15) is 0 Å². The van der Waals surface area contributed by atoms with Crippen molar-refractivity contribution in [3.05, 3.63) is 42.0 Å². The third-order valence-corrected chi connectivity index (χ3v) is 3.45. The summed E-state index contributed by atoms with van der Waals surface area (Å²) in [5, 5.41) is 4.39. The van der Waals surface area contributed by atoms with Gasteiger partial charge in [-0.15, -0.1) is 0 Å². The van der Waals surface area contributed by atoms with Crippen LogP contribution >= 0.6 is 0 Å². The molecule has 2 aromatic heterocycles. The molecule has 0 aromatic carbocycles. The van der Waals surface area contributed by atoms with Crippen molar-refractivity contribution in [1.29, 1.82) is 0 Å². The van der Waals surface area contributed by atoms with Gasteiger partial charge in [0.15, 0.2) is 5.75 Å². The Hall–Kier alpha value is -1.92. The van der Waals surface area contributed by atoms with Crippen molar-refractivity contribution in [2.75, 3.05) is 7.11 Å². The lowest BCUT2D eigenvalue weighted by atomic mass is 10.1. The molecule has 2 rings (SSSR count). The standard InChI is InChI=1S/C15H23N5O/c1-11(2)20-15(14(21-3)10-18-20)13(19-16)8-7-12-6-4-5-9-17-12/h4-6,9-11,13,19H,7-8,16H2,1-3H3. The van der Waals surface area contributed by atoms with Crippen molar-refractivity contribution >= 4 is 0 Å². The molecule has 21 heavy (non-hydrogen) atoms. The lowest BCUT2D eigenvalue weighted by Crippen LogP contribution is -2.31. The largest absolute Gasteiger partial charge is 0.493 e. The van der Waals surface area contributed by atoms with Crippen LogP contribution in [0, 0.1) is 0 Å². The molecule has 3 N–H and O–H groups in total. The summed E-state index contributed by atoms with van der Waals surface area (Å²) in [6.45, 7) is 4.17.